The molecular formula is C14H16Cl2N2O2. The van der Waals surface area contributed by atoms with E-state index in [1.165, 1.54) is 0 Å². The highest BCUT2D eigenvalue weighted by Crippen LogP contribution is 2.24. The van der Waals surface area contributed by atoms with E-state index in [9.17, 15) is 9.59 Å². The average molecular weight is 315 g/mol. The van der Waals surface area contributed by atoms with Crippen LogP contribution in [0.1, 0.15) is 25.8 Å². The number of piperazine rings is 1. The molecule has 1 aliphatic heterocycles. The van der Waals surface area contributed by atoms with Gasteiger partial charge in [-0.1, -0.05) is 36.2 Å². The van der Waals surface area contributed by atoms with Crippen LogP contribution in [0.25, 0.3) is 0 Å². The van der Waals surface area contributed by atoms with Gasteiger partial charge in [-0.3, -0.25) is 9.59 Å². The van der Waals surface area contributed by atoms with Gasteiger partial charge in [0, 0.05) is 6.54 Å². The van der Waals surface area contributed by atoms with E-state index >= 15 is 0 Å². The first-order valence-corrected chi connectivity index (χ1v) is 7.24. The monoisotopic (exact) mass is 314 g/mol. The first-order valence-electron chi connectivity index (χ1n) is 6.48. The Hall–Kier alpha value is -1.26. The van der Waals surface area contributed by atoms with Gasteiger partial charge in [-0.25, -0.2) is 0 Å². The van der Waals surface area contributed by atoms with Gasteiger partial charge in [0.25, 0.3) is 0 Å². The molecule has 4 nitrogen and oxygen atoms in total. The normalized spacial score (nSPS) is 22.9. The van der Waals surface area contributed by atoms with E-state index in [1.807, 2.05) is 13.0 Å². The highest BCUT2D eigenvalue weighted by atomic mass is 35.5. The summed E-state index contributed by atoms with van der Waals surface area (Å²) in [6, 6.07) is 4.30. The van der Waals surface area contributed by atoms with E-state index in [4.69, 9.17) is 23.2 Å². The van der Waals surface area contributed by atoms with E-state index in [0.29, 0.717) is 23.0 Å². The Labute approximate surface area is 128 Å². The number of amides is 2. The van der Waals surface area contributed by atoms with Crippen LogP contribution in [0.5, 0.6) is 0 Å². The number of carbonyl (C=O) groups excluding carboxylic acids is 2. The molecule has 1 N–H and O–H groups in total. The van der Waals surface area contributed by atoms with E-state index in [2.05, 4.69) is 5.32 Å². The zero-order valence-electron chi connectivity index (χ0n) is 11.3. The number of hydrogen-bond acceptors (Lipinski definition) is 2. The summed E-state index contributed by atoms with van der Waals surface area (Å²) in [7, 11) is 0. The zero-order valence-corrected chi connectivity index (χ0v) is 12.8. The van der Waals surface area contributed by atoms with Gasteiger partial charge in [0.05, 0.1) is 10.0 Å². The molecule has 0 aliphatic carbocycles. The minimum absolute atomic E-state index is 0.0810. The van der Waals surface area contributed by atoms with Crippen LogP contribution < -0.4 is 5.32 Å². The second kappa shape index (κ2) is 6.02. The van der Waals surface area contributed by atoms with Crippen molar-refractivity contribution in [2.45, 2.75) is 38.9 Å². The molecule has 0 bridgehead atoms. The maximum absolute atomic E-state index is 12.2. The van der Waals surface area contributed by atoms with Crippen LogP contribution in [0.4, 0.5) is 0 Å². The van der Waals surface area contributed by atoms with E-state index in [1.54, 1.807) is 24.0 Å². The largest absolute Gasteiger partial charge is 0.343 e. The summed E-state index contributed by atoms with van der Waals surface area (Å²) >= 11 is 11.9. The van der Waals surface area contributed by atoms with Gasteiger partial charge >= 0.3 is 0 Å². The Morgan fingerprint density at radius 1 is 1.25 bits per heavy atom. The van der Waals surface area contributed by atoms with Crippen molar-refractivity contribution in [3.05, 3.63) is 33.8 Å². The summed E-state index contributed by atoms with van der Waals surface area (Å²) in [6.45, 7) is 3.93. The van der Waals surface area contributed by atoms with Gasteiger partial charge in [0.15, 0.2) is 0 Å². The van der Waals surface area contributed by atoms with E-state index < -0.39 is 12.1 Å². The highest BCUT2D eigenvalue weighted by Gasteiger charge is 2.37. The van der Waals surface area contributed by atoms with Crippen molar-refractivity contribution < 1.29 is 9.59 Å². The maximum atomic E-state index is 12.2. The van der Waals surface area contributed by atoms with Crippen molar-refractivity contribution in [3.63, 3.8) is 0 Å². The quantitative estimate of drug-likeness (QED) is 0.932. The molecule has 1 aromatic carbocycles. The predicted octanol–water partition coefficient (Wildman–Crippen LogP) is 2.62. The first kappa shape index (κ1) is 15.1. The molecule has 0 saturated carbocycles. The lowest BCUT2D eigenvalue weighted by Crippen LogP contribution is -2.61. The number of hydrogen-bond donors (Lipinski definition) is 1. The van der Waals surface area contributed by atoms with Gasteiger partial charge in [-0.15, -0.1) is 0 Å². The topological polar surface area (TPSA) is 49.4 Å². The fourth-order valence-electron chi connectivity index (χ4n) is 2.34. The van der Waals surface area contributed by atoms with Crippen LogP contribution in [-0.4, -0.2) is 28.8 Å². The Balaban J connectivity index is 2.25. The van der Waals surface area contributed by atoms with Crippen LogP contribution in [0.15, 0.2) is 18.2 Å². The molecule has 0 spiro atoms. The summed E-state index contributed by atoms with van der Waals surface area (Å²) in [5, 5.41) is 3.60. The van der Waals surface area contributed by atoms with Crippen LogP contribution in [-0.2, 0) is 16.1 Å². The summed E-state index contributed by atoms with van der Waals surface area (Å²) in [5.74, 6) is -0.192. The van der Waals surface area contributed by atoms with Crippen molar-refractivity contribution in [1.29, 1.82) is 0 Å². The third kappa shape index (κ3) is 2.91. The Morgan fingerprint density at radius 2 is 1.95 bits per heavy atom. The van der Waals surface area contributed by atoms with Gasteiger partial charge < -0.3 is 10.2 Å². The molecule has 20 heavy (non-hydrogen) atoms. The summed E-state index contributed by atoms with van der Waals surface area (Å²) < 4.78 is 0. The molecule has 1 aromatic rings. The van der Waals surface area contributed by atoms with E-state index in [0.717, 1.165) is 5.56 Å². The number of carbonyl (C=O) groups is 2. The lowest BCUT2D eigenvalue weighted by Gasteiger charge is -2.37. The molecule has 2 rings (SSSR count). The summed E-state index contributed by atoms with van der Waals surface area (Å²) in [4.78, 5) is 25.8. The molecule has 108 valence electrons. The molecule has 1 heterocycles. The first-order chi connectivity index (χ1) is 9.43. The van der Waals surface area contributed by atoms with Crippen LogP contribution in [0.3, 0.4) is 0 Å². The minimum atomic E-state index is -0.493. The number of halogens is 2. The summed E-state index contributed by atoms with van der Waals surface area (Å²) in [5.41, 5.74) is 0.855. The van der Waals surface area contributed by atoms with Crippen molar-refractivity contribution in [3.8, 4) is 0 Å². The lowest BCUT2D eigenvalue weighted by atomic mass is 10.0. The second-order valence-electron chi connectivity index (χ2n) is 4.87. The van der Waals surface area contributed by atoms with Crippen LogP contribution in [0.2, 0.25) is 10.0 Å². The highest BCUT2D eigenvalue weighted by molar-refractivity contribution is 6.42. The molecule has 6 heteroatoms. The Bertz CT molecular complexity index is 548. The van der Waals surface area contributed by atoms with Crippen molar-refractivity contribution in [1.82, 2.24) is 10.2 Å². The predicted molar refractivity (Wildman–Crippen MR) is 78.7 cm³/mol. The third-order valence-corrected chi connectivity index (χ3v) is 4.15. The molecule has 0 aromatic heterocycles. The fourth-order valence-corrected chi connectivity index (χ4v) is 2.66. The van der Waals surface area contributed by atoms with Gasteiger partial charge in [-0.2, -0.15) is 0 Å². The van der Waals surface area contributed by atoms with Crippen molar-refractivity contribution in [2.24, 2.45) is 0 Å². The molecule has 2 amide bonds. The average Bonchev–Trinajstić information content (AvgIpc) is 2.40. The third-order valence-electron chi connectivity index (χ3n) is 3.41. The molecule has 0 radical (unpaired) electrons. The molecule has 1 saturated heterocycles. The van der Waals surface area contributed by atoms with Crippen LogP contribution in [0, 0.1) is 0 Å². The lowest BCUT2D eigenvalue weighted by molar-refractivity contribution is -0.149. The molecular weight excluding hydrogens is 299 g/mol. The molecule has 1 fully saturated rings. The smallest absolute Gasteiger partial charge is 0.245 e. The Morgan fingerprint density at radius 3 is 2.55 bits per heavy atom. The van der Waals surface area contributed by atoms with Gasteiger partial charge in [0.1, 0.15) is 12.1 Å². The van der Waals surface area contributed by atoms with Crippen molar-refractivity contribution in [2.75, 3.05) is 0 Å². The standard InChI is InChI=1S/C14H16Cl2N2O2/c1-3-12-13(19)17-8(2)14(20)18(12)7-9-4-5-10(15)11(16)6-9/h4-6,8,12H,3,7H2,1-2H3,(H,17,19). The molecule has 1 aliphatic rings. The minimum Gasteiger partial charge on any atom is -0.343 e. The zero-order chi connectivity index (χ0) is 14.9. The fraction of sp³-hybridized carbons (Fsp3) is 0.429. The number of nitrogens with zero attached hydrogens (tertiary/aromatic N) is 1. The second-order valence-corrected chi connectivity index (χ2v) is 5.68. The number of nitrogens with one attached hydrogen (secondary N) is 1. The van der Waals surface area contributed by atoms with Gasteiger partial charge in [-0.05, 0) is 31.0 Å². The number of benzene rings is 1. The van der Waals surface area contributed by atoms with Crippen LogP contribution >= 0.6 is 23.2 Å². The number of rotatable bonds is 3. The van der Waals surface area contributed by atoms with Crippen molar-refractivity contribution >= 4 is 35.0 Å². The van der Waals surface area contributed by atoms with Gasteiger partial charge in [0.2, 0.25) is 11.8 Å². The van der Waals surface area contributed by atoms with E-state index in [-0.39, 0.29) is 11.8 Å². The molecule has 2 unspecified atom stereocenters. The molecule has 2 atom stereocenters. The Kier molecular flexibility index (Phi) is 4.55. The SMILES string of the molecule is CCC1C(=O)NC(C)C(=O)N1Cc1ccc(Cl)c(Cl)c1. The summed E-state index contributed by atoms with van der Waals surface area (Å²) in [6.07, 6.45) is 0.575. The maximum Gasteiger partial charge on any atom is 0.245 e.